The molecule has 1 aromatic rings. The Hall–Kier alpha value is -1.78. The van der Waals surface area contributed by atoms with Gasteiger partial charge in [0.25, 0.3) is 0 Å². The molecule has 1 aromatic carbocycles. The van der Waals surface area contributed by atoms with Crippen LogP contribution < -0.4 is 0 Å². The molecule has 0 atom stereocenters. The number of halogens is 3. The van der Waals surface area contributed by atoms with E-state index in [1.165, 1.54) is 12.1 Å². The first-order valence-corrected chi connectivity index (χ1v) is 4.37. The summed E-state index contributed by atoms with van der Waals surface area (Å²) >= 11 is 0. The normalized spacial score (nSPS) is 12.4. The molecule has 0 unspecified atom stereocenters. The van der Waals surface area contributed by atoms with Gasteiger partial charge in [-0.2, -0.15) is 13.2 Å². The molecule has 0 spiro atoms. The van der Waals surface area contributed by atoms with Gasteiger partial charge in [0.2, 0.25) is 0 Å². The van der Waals surface area contributed by atoms with Gasteiger partial charge in [0, 0.05) is 0 Å². The number of esters is 1. The average Bonchev–Trinajstić information content (AvgIpc) is 2.25. The number of methoxy groups -OCH3 is 1. The van der Waals surface area contributed by atoms with Crippen molar-refractivity contribution in [3.05, 3.63) is 41.5 Å². The minimum absolute atomic E-state index is 0.292. The van der Waals surface area contributed by atoms with Crippen molar-refractivity contribution in [3.63, 3.8) is 0 Å². The number of rotatable bonds is 2. The molecule has 0 N–H and O–H groups in total. The molecule has 0 aromatic heterocycles. The molecule has 0 aliphatic rings. The Balaban J connectivity index is 3.12. The van der Waals surface area contributed by atoms with E-state index in [4.69, 9.17) is 0 Å². The highest BCUT2D eigenvalue weighted by Crippen LogP contribution is 2.28. The second-order valence-electron chi connectivity index (χ2n) is 2.96. The van der Waals surface area contributed by atoms with Crippen LogP contribution in [0.2, 0.25) is 0 Å². The molecular weight excluding hydrogens is 221 g/mol. The SMILES string of the molecule is COC(=O)C(=Cc1ccccc1)C(F)(F)F. The van der Waals surface area contributed by atoms with Crippen molar-refractivity contribution >= 4 is 12.0 Å². The van der Waals surface area contributed by atoms with Crippen LogP contribution in [0.1, 0.15) is 5.56 Å². The molecule has 5 heteroatoms. The van der Waals surface area contributed by atoms with Crippen LogP contribution in [-0.2, 0) is 9.53 Å². The van der Waals surface area contributed by atoms with E-state index >= 15 is 0 Å². The summed E-state index contributed by atoms with van der Waals surface area (Å²) < 4.78 is 41.5. The molecule has 0 aliphatic carbocycles. The summed E-state index contributed by atoms with van der Waals surface area (Å²) in [7, 11) is 0.910. The Morgan fingerprint density at radius 1 is 1.25 bits per heavy atom. The minimum Gasteiger partial charge on any atom is -0.465 e. The monoisotopic (exact) mass is 230 g/mol. The second-order valence-corrected chi connectivity index (χ2v) is 2.96. The molecule has 0 fully saturated rings. The van der Waals surface area contributed by atoms with Crippen LogP contribution in [0.3, 0.4) is 0 Å². The summed E-state index contributed by atoms with van der Waals surface area (Å²) in [6, 6.07) is 7.76. The molecule has 16 heavy (non-hydrogen) atoms. The van der Waals surface area contributed by atoms with Gasteiger partial charge in [-0.05, 0) is 11.6 Å². The van der Waals surface area contributed by atoms with Gasteiger partial charge in [-0.25, -0.2) is 4.79 Å². The highest BCUT2D eigenvalue weighted by atomic mass is 19.4. The molecule has 1 rings (SSSR count). The molecule has 0 amide bonds. The van der Waals surface area contributed by atoms with E-state index in [0.29, 0.717) is 5.56 Å². The fourth-order valence-corrected chi connectivity index (χ4v) is 1.08. The van der Waals surface area contributed by atoms with Crippen molar-refractivity contribution in [1.82, 2.24) is 0 Å². The Morgan fingerprint density at radius 2 is 1.81 bits per heavy atom. The maximum Gasteiger partial charge on any atom is 0.423 e. The Morgan fingerprint density at radius 3 is 2.25 bits per heavy atom. The largest absolute Gasteiger partial charge is 0.465 e. The molecule has 0 heterocycles. The van der Waals surface area contributed by atoms with Crippen molar-refractivity contribution in [2.75, 3.05) is 7.11 Å². The Kier molecular flexibility index (Phi) is 3.71. The van der Waals surface area contributed by atoms with Crippen molar-refractivity contribution in [2.24, 2.45) is 0 Å². The summed E-state index contributed by atoms with van der Waals surface area (Å²) in [4.78, 5) is 11.0. The molecule has 0 aliphatic heterocycles. The fraction of sp³-hybridized carbons (Fsp3) is 0.182. The van der Waals surface area contributed by atoms with Gasteiger partial charge >= 0.3 is 12.1 Å². The lowest BCUT2D eigenvalue weighted by Crippen LogP contribution is -2.21. The highest BCUT2D eigenvalue weighted by Gasteiger charge is 2.39. The zero-order chi connectivity index (χ0) is 12.2. The van der Waals surface area contributed by atoms with Crippen molar-refractivity contribution in [2.45, 2.75) is 6.18 Å². The Bertz CT molecular complexity index is 393. The first-order valence-electron chi connectivity index (χ1n) is 4.37. The number of carbonyl (C=O) groups is 1. The predicted octanol–water partition coefficient (Wildman–Crippen LogP) is 2.81. The third-order valence-corrected chi connectivity index (χ3v) is 1.82. The topological polar surface area (TPSA) is 26.3 Å². The maximum atomic E-state index is 12.5. The molecule has 0 bridgehead atoms. The molecule has 2 nitrogen and oxygen atoms in total. The fourth-order valence-electron chi connectivity index (χ4n) is 1.08. The van der Waals surface area contributed by atoms with Crippen LogP contribution in [0.25, 0.3) is 6.08 Å². The lowest BCUT2D eigenvalue weighted by atomic mass is 10.1. The molecular formula is C11H9F3O2. The summed E-state index contributed by atoms with van der Waals surface area (Å²) in [6.45, 7) is 0. The average molecular weight is 230 g/mol. The third kappa shape index (κ3) is 3.12. The highest BCUT2D eigenvalue weighted by molar-refractivity contribution is 5.95. The minimum atomic E-state index is -4.72. The molecule has 0 saturated heterocycles. The van der Waals surface area contributed by atoms with E-state index in [-0.39, 0.29) is 0 Å². The first-order chi connectivity index (χ1) is 7.45. The van der Waals surface area contributed by atoms with Crippen molar-refractivity contribution < 1.29 is 22.7 Å². The van der Waals surface area contributed by atoms with Crippen LogP contribution in [0.15, 0.2) is 35.9 Å². The van der Waals surface area contributed by atoms with Gasteiger partial charge in [-0.3, -0.25) is 0 Å². The quantitative estimate of drug-likeness (QED) is 0.576. The summed E-state index contributed by atoms with van der Waals surface area (Å²) in [5, 5.41) is 0. The standard InChI is InChI=1S/C11H9F3O2/c1-16-10(15)9(11(12,13)14)7-8-5-3-2-4-6-8/h2-7H,1H3. The lowest BCUT2D eigenvalue weighted by Gasteiger charge is -2.09. The zero-order valence-corrected chi connectivity index (χ0v) is 8.41. The predicted molar refractivity (Wildman–Crippen MR) is 52.5 cm³/mol. The number of ether oxygens (including phenoxy) is 1. The lowest BCUT2D eigenvalue weighted by molar-refractivity contribution is -0.147. The number of alkyl halides is 3. The van der Waals surface area contributed by atoms with Gasteiger partial charge in [-0.15, -0.1) is 0 Å². The number of carbonyl (C=O) groups excluding carboxylic acids is 1. The van der Waals surface area contributed by atoms with Gasteiger partial charge in [0.15, 0.2) is 0 Å². The van der Waals surface area contributed by atoms with Crippen LogP contribution in [0, 0.1) is 0 Å². The first kappa shape index (κ1) is 12.3. The van der Waals surface area contributed by atoms with Crippen LogP contribution in [-0.4, -0.2) is 19.3 Å². The van der Waals surface area contributed by atoms with E-state index in [2.05, 4.69) is 4.74 Å². The van der Waals surface area contributed by atoms with Gasteiger partial charge in [0.05, 0.1) is 7.11 Å². The summed E-state index contributed by atoms with van der Waals surface area (Å²) in [5.41, 5.74) is -1.03. The second kappa shape index (κ2) is 4.83. The van der Waals surface area contributed by atoms with Crippen LogP contribution in [0.4, 0.5) is 13.2 Å². The van der Waals surface area contributed by atoms with E-state index in [1.807, 2.05) is 0 Å². The van der Waals surface area contributed by atoms with Gasteiger partial charge < -0.3 is 4.74 Å². The van der Waals surface area contributed by atoms with E-state index in [0.717, 1.165) is 13.2 Å². The molecule has 0 saturated carbocycles. The van der Waals surface area contributed by atoms with Crippen molar-refractivity contribution in [1.29, 1.82) is 0 Å². The third-order valence-electron chi connectivity index (χ3n) is 1.82. The van der Waals surface area contributed by atoms with Gasteiger partial charge in [0.1, 0.15) is 5.57 Å². The van der Waals surface area contributed by atoms with E-state index in [1.54, 1.807) is 18.2 Å². The molecule has 0 radical (unpaired) electrons. The number of hydrogen-bond acceptors (Lipinski definition) is 2. The zero-order valence-electron chi connectivity index (χ0n) is 8.41. The molecule has 86 valence electrons. The number of hydrogen-bond donors (Lipinski definition) is 0. The summed E-state index contributed by atoms with van der Waals surface area (Å²) in [6.07, 6.45) is -3.96. The maximum absolute atomic E-state index is 12.5. The van der Waals surface area contributed by atoms with E-state index < -0.39 is 17.7 Å². The van der Waals surface area contributed by atoms with E-state index in [9.17, 15) is 18.0 Å². The Labute approximate surface area is 90.3 Å². The van der Waals surface area contributed by atoms with Gasteiger partial charge in [-0.1, -0.05) is 30.3 Å². The van der Waals surface area contributed by atoms with Crippen molar-refractivity contribution in [3.8, 4) is 0 Å². The number of benzene rings is 1. The van der Waals surface area contributed by atoms with Crippen LogP contribution >= 0.6 is 0 Å². The van der Waals surface area contributed by atoms with Crippen LogP contribution in [0.5, 0.6) is 0 Å². The summed E-state index contributed by atoms with van der Waals surface area (Å²) in [5.74, 6) is -1.39. The smallest absolute Gasteiger partial charge is 0.423 e.